The van der Waals surface area contributed by atoms with E-state index in [2.05, 4.69) is 9.97 Å². The minimum absolute atomic E-state index is 0.557. The second-order valence-electron chi connectivity index (χ2n) is 4.64. The molecule has 1 unspecified atom stereocenters. The Kier molecular flexibility index (Phi) is 3.01. The molecule has 4 nitrogen and oxygen atoms in total. The quantitative estimate of drug-likeness (QED) is 0.779. The number of aryl methyl sites for hydroxylation is 1. The number of hydrogen-bond donors (Lipinski definition) is 1. The van der Waals surface area contributed by atoms with Crippen LogP contribution in [0, 0.1) is 0 Å². The van der Waals surface area contributed by atoms with E-state index in [4.69, 9.17) is 0 Å². The molecule has 0 fully saturated rings. The third-order valence-corrected chi connectivity index (χ3v) is 3.35. The Morgan fingerprint density at radius 2 is 2.11 bits per heavy atom. The predicted octanol–water partition coefficient (Wildman–Crippen LogP) is 2.24. The van der Waals surface area contributed by atoms with Crippen LogP contribution in [-0.4, -0.2) is 19.6 Å². The number of fused-ring (bicyclic) bond motifs is 1. The van der Waals surface area contributed by atoms with Crippen LogP contribution in [0.5, 0.6) is 0 Å². The van der Waals surface area contributed by atoms with E-state index in [-0.39, 0.29) is 0 Å². The number of aliphatic hydroxyl groups excluding tert-OH is 1. The first kappa shape index (κ1) is 11.9. The summed E-state index contributed by atoms with van der Waals surface area (Å²) in [5.41, 5.74) is 2.87. The molecule has 0 aliphatic rings. The number of nitrogens with zero attached hydrogens (tertiary/aromatic N) is 3. The molecule has 0 aliphatic heterocycles. The van der Waals surface area contributed by atoms with Crippen molar-refractivity contribution < 1.29 is 5.11 Å². The summed E-state index contributed by atoms with van der Waals surface area (Å²) in [5, 5.41) is 11.4. The van der Waals surface area contributed by atoms with Crippen molar-refractivity contribution >= 4 is 10.9 Å². The van der Waals surface area contributed by atoms with Gasteiger partial charge in [-0.25, -0.2) is 4.98 Å². The van der Waals surface area contributed by atoms with E-state index < -0.39 is 6.10 Å². The van der Waals surface area contributed by atoms with E-state index >= 15 is 0 Å². The third-order valence-electron chi connectivity index (χ3n) is 3.35. The summed E-state index contributed by atoms with van der Waals surface area (Å²) in [6.45, 7) is 0. The lowest BCUT2D eigenvalue weighted by atomic mass is 10.0. The van der Waals surface area contributed by atoms with Crippen LogP contribution in [-0.2, 0) is 13.5 Å². The summed E-state index contributed by atoms with van der Waals surface area (Å²) in [6, 6.07) is 9.94. The van der Waals surface area contributed by atoms with Crippen molar-refractivity contribution in [3.05, 3.63) is 60.3 Å². The van der Waals surface area contributed by atoms with Crippen LogP contribution < -0.4 is 0 Å². The molecule has 2 aromatic heterocycles. The molecule has 0 spiro atoms. The molecule has 1 atom stereocenters. The van der Waals surface area contributed by atoms with E-state index in [1.54, 1.807) is 18.7 Å². The molecule has 0 saturated heterocycles. The number of pyridine rings is 1. The van der Waals surface area contributed by atoms with Crippen molar-refractivity contribution in [1.82, 2.24) is 14.5 Å². The van der Waals surface area contributed by atoms with Gasteiger partial charge < -0.3 is 9.67 Å². The average Bonchev–Trinajstić information content (AvgIpc) is 2.85. The van der Waals surface area contributed by atoms with E-state index in [1.165, 1.54) is 0 Å². The number of aromatic nitrogens is 3. The molecule has 0 saturated carbocycles. The van der Waals surface area contributed by atoms with E-state index in [1.807, 2.05) is 41.9 Å². The van der Waals surface area contributed by atoms with Crippen molar-refractivity contribution in [2.45, 2.75) is 12.5 Å². The molecular weight excluding hydrogens is 238 g/mol. The number of rotatable bonds is 3. The van der Waals surface area contributed by atoms with Crippen molar-refractivity contribution in [3.8, 4) is 0 Å². The summed E-state index contributed by atoms with van der Waals surface area (Å²) in [7, 11) is 1.89. The Morgan fingerprint density at radius 1 is 1.26 bits per heavy atom. The van der Waals surface area contributed by atoms with Gasteiger partial charge in [0, 0.05) is 25.1 Å². The van der Waals surface area contributed by atoms with Crippen molar-refractivity contribution in [2.75, 3.05) is 0 Å². The molecule has 0 bridgehead atoms. The number of imidazole rings is 1. The highest BCUT2D eigenvalue weighted by molar-refractivity contribution is 5.81. The van der Waals surface area contributed by atoms with Gasteiger partial charge in [-0.3, -0.25) is 4.98 Å². The topological polar surface area (TPSA) is 50.9 Å². The highest BCUT2D eigenvalue weighted by atomic mass is 16.3. The first-order valence-corrected chi connectivity index (χ1v) is 6.22. The minimum Gasteiger partial charge on any atom is -0.386 e. The molecule has 0 amide bonds. The molecule has 3 aromatic rings. The predicted molar refractivity (Wildman–Crippen MR) is 73.6 cm³/mol. The van der Waals surface area contributed by atoms with Crippen molar-refractivity contribution in [1.29, 1.82) is 0 Å². The molecule has 3 rings (SSSR count). The van der Waals surface area contributed by atoms with Crippen molar-refractivity contribution in [2.24, 2.45) is 7.05 Å². The van der Waals surface area contributed by atoms with Gasteiger partial charge in [-0.1, -0.05) is 18.2 Å². The lowest BCUT2D eigenvalue weighted by Gasteiger charge is -2.12. The Labute approximate surface area is 111 Å². The molecule has 19 heavy (non-hydrogen) atoms. The summed E-state index contributed by atoms with van der Waals surface area (Å²) in [5.74, 6) is 0. The van der Waals surface area contributed by atoms with E-state index in [9.17, 15) is 5.11 Å². The molecular formula is C15H15N3O. The number of benzene rings is 1. The van der Waals surface area contributed by atoms with Gasteiger partial charge in [0.1, 0.15) is 0 Å². The first-order valence-electron chi connectivity index (χ1n) is 6.22. The third kappa shape index (κ3) is 2.22. The van der Waals surface area contributed by atoms with Gasteiger partial charge in [-0.2, -0.15) is 0 Å². The zero-order valence-electron chi connectivity index (χ0n) is 10.7. The van der Waals surface area contributed by atoms with Gasteiger partial charge in [0.15, 0.2) is 0 Å². The molecule has 1 N–H and O–H groups in total. The lowest BCUT2D eigenvalue weighted by molar-refractivity contribution is 0.170. The standard InChI is InChI=1S/C15H15N3O/c1-18-10-16-9-14(18)15(19)8-11-6-7-17-13-5-3-2-4-12(11)13/h2-7,9-10,15,19H,8H2,1H3. The van der Waals surface area contributed by atoms with Crippen molar-refractivity contribution in [3.63, 3.8) is 0 Å². The molecule has 96 valence electrons. The first-order chi connectivity index (χ1) is 9.25. The van der Waals surface area contributed by atoms with E-state index in [0.717, 1.165) is 22.2 Å². The largest absolute Gasteiger partial charge is 0.386 e. The Bertz CT molecular complexity index is 700. The summed E-state index contributed by atoms with van der Waals surface area (Å²) in [6.07, 6.45) is 5.19. The van der Waals surface area contributed by atoms with Crippen LogP contribution in [0.25, 0.3) is 10.9 Å². The van der Waals surface area contributed by atoms with Crippen LogP contribution in [0.15, 0.2) is 49.1 Å². The fourth-order valence-corrected chi connectivity index (χ4v) is 2.33. The van der Waals surface area contributed by atoms with Gasteiger partial charge in [-0.05, 0) is 17.7 Å². The number of para-hydroxylation sites is 1. The maximum absolute atomic E-state index is 10.3. The molecule has 4 heteroatoms. The van der Waals surface area contributed by atoms with Gasteiger partial charge in [0.25, 0.3) is 0 Å². The van der Waals surface area contributed by atoms with Gasteiger partial charge in [0.05, 0.1) is 29.8 Å². The summed E-state index contributed by atoms with van der Waals surface area (Å²) >= 11 is 0. The molecule has 0 radical (unpaired) electrons. The maximum Gasteiger partial charge on any atom is 0.0996 e. The SMILES string of the molecule is Cn1cncc1C(O)Cc1ccnc2ccccc12. The fraction of sp³-hybridized carbons (Fsp3) is 0.200. The van der Waals surface area contributed by atoms with Crippen LogP contribution in [0.4, 0.5) is 0 Å². The number of hydrogen-bond acceptors (Lipinski definition) is 3. The zero-order valence-corrected chi connectivity index (χ0v) is 10.7. The van der Waals surface area contributed by atoms with Crippen LogP contribution in [0.3, 0.4) is 0 Å². The molecule has 1 aromatic carbocycles. The highest BCUT2D eigenvalue weighted by Gasteiger charge is 2.13. The lowest BCUT2D eigenvalue weighted by Crippen LogP contribution is -2.07. The summed E-state index contributed by atoms with van der Waals surface area (Å²) < 4.78 is 1.84. The second kappa shape index (κ2) is 4.82. The average molecular weight is 253 g/mol. The zero-order chi connectivity index (χ0) is 13.2. The van der Waals surface area contributed by atoms with Gasteiger partial charge >= 0.3 is 0 Å². The van der Waals surface area contributed by atoms with Crippen LogP contribution >= 0.6 is 0 Å². The summed E-state index contributed by atoms with van der Waals surface area (Å²) in [4.78, 5) is 8.37. The monoisotopic (exact) mass is 253 g/mol. The normalized spacial score (nSPS) is 12.7. The fourth-order valence-electron chi connectivity index (χ4n) is 2.33. The molecule has 0 aliphatic carbocycles. The Balaban J connectivity index is 1.96. The highest BCUT2D eigenvalue weighted by Crippen LogP contribution is 2.22. The maximum atomic E-state index is 10.3. The second-order valence-corrected chi connectivity index (χ2v) is 4.64. The molecule has 2 heterocycles. The van der Waals surface area contributed by atoms with Gasteiger partial charge in [-0.15, -0.1) is 0 Å². The minimum atomic E-state index is -0.557. The van der Waals surface area contributed by atoms with E-state index in [0.29, 0.717) is 6.42 Å². The Hall–Kier alpha value is -2.20. The smallest absolute Gasteiger partial charge is 0.0996 e. The van der Waals surface area contributed by atoms with Crippen LogP contribution in [0.2, 0.25) is 0 Å². The Morgan fingerprint density at radius 3 is 2.89 bits per heavy atom. The number of aliphatic hydroxyl groups is 1. The van der Waals surface area contributed by atoms with Crippen LogP contribution in [0.1, 0.15) is 17.4 Å². The van der Waals surface area contributed by atoms with Gasteiger partial charge in [0.2, 0.25) is 0 Å².